The first-order valence-electron chi connectivity index (χ1n) is 12.1. The molecule has 1 amide bonds. The summed E-state index contributed by atoms with van der Waals surface area (Å²) in [5.74, 6) is 2.84. The zero-order valence-corrected chi connectivity index (χ0v) is 22.1. The predicted molar refractivity (Wildman–Crippen MR) is 147 cm³/mol. The van der Waals surface area contributed by atoms with Crippen molar-refractivity contribution in [3.05, 3.63) is 84.1 Å². The van der Waals surface area contributed by atoms with Crippen LogP contribution in [0.25, 0.3) is 11.6 Å². The summed E-state index contributed by atoms with van der Waals surface area (Å²) in [6.07, 6.45) is 11.5. The second-order valence-electron chi connectivity index (χ2n) is 7.88. The third-order valence-corrected chi connectivity index (χ3v) is 5.44. The van der Waals surface area contributed by atoms with Gasteiger partial charge in [0.2, 0.25) is 5.88 Å². The van der Waals surface area contributed by atoms with Gasteiger partial charge in [-0.3, -0.25) is 14.8 Å². The minimum atomic E-state index is -0.454. The fourth-order valence-corrected chi connectivity index (χ4v) is 3.66. The fraction of sp³-hybridized carbons (Fsp3) is 0.214. The zero-order chi connectivity index (χ0) is 27.6. The first-order valence-corrected chi connectivity index (χ1v) is 12.1. The average Bonchev–Trinajstić information content (AvgIpc) is 3.58. The van der Waals surface area contributed by atoms with E-state index in [0.29, 0.717) is 47.1 Å². The number of aliphatic imine (C=N–C) groups is 2. The van der Waals surface area contributed by atoms with Crippen LogP contribution in [0.15, 0.2) is 87.3 Å². The van der Waals surface area contributed by atoms with E-state index >= 15 is 0 Å². The van der Waals surface area contributed by atoms with Gasteiger partial charge in [-0.05, 0) is 55.5 Å². The van der Waals surface area contributed by atoms with E-state index in [-0.39, 0.29) is 12.2 Å². The molecule has 11 nitrogen and oxygen atoms in total. The number of aromatic nitrogens is 2. The third-order valence-electron chi connectivity index (χ3n) is 5.44. The Hall–Kier alpha value is -5.06. The van der Waals surface area contributed by atoms with Crippen molar-refractivity contribution in [3.8, 4) is 23.1 Å². The highest BCUT2D eigenvalue weighted by atomic mass is 16.5. The van der Waals surface area contributed by atoms with E-state index in [1.807, 2.05) is 19.1 Å². The standard InChI is InChI=1S/C28H29N5O6/c1-5-37-24-18-31-33(26-7-6-16-38-26)27(24)28(34)32-25-11-9-20(12-15-30-25)39-21(13-14-29-2)19-8-10-22(35-3)23(17-19)36-4/h6-14,16-18H,5,15H2,1-4H3,(H,30,32,34)/b21-13+,29-14-. The van der Waals surface area contributed by atoms with Gasteiger partial charge in [-0.25, -0.2) is 0 Å². The molecule has 0 aliphatic carbocycles. The Bertz CT molecular complexity index is 1450. The number of rotatable bonds is 10. The molecule has 202 valence electrons. The quantitative estimate of drug-likeness (QED) is 0.307. The van der Waals surface area contributed by atoms with E-state index in [2.05, 4.69) is 20.4 Å². The van der Waals surface area contributed by atoms with Crippen molar-refractivity contribution >= 4 is 23.7 Å². The average molecular weight is 532 g/mol. The van der Waals surface area contributed by atoms with Crippen LogP contribution >= 0.6 is 0 Å². The molecule has 0 radical (unpaired) electrons. The number of allylic oxidation sites excluding steroid dienone is 2. The molecule has 0 spiro atoms. The van der Waals surface area contributed by atoms with Gasteiger partial charge in [0.1, 0.15) is 17.4 Å². The maximum Gasteiger partial charge on any atom is 0.279 e. The Morgan fingerprint density at radius 1 is 1.18 bits per heavy atom. The number of ether oxygens (including phenoxy) is 4. The number of hydrogen-bond acceptors (Lipinski definition) is 9. The molecule has 0 atom stereocenters. The molecule has 0 saturated heterocycles. The van der Waals surface area contributed by atoms with Crippen LogP contribution in [0, 0.1) is 0 Å². The number of nitrogens with zero attached hydrogens (tertiary/aromatic N) is 4. The normalized spacial score (nSPS) is 13.5. The first kappa shape index (κ1) is 27.0. The van der Waals surface area contributed by atoms with Crippen molar-refractivity contribution in [1.82, 2.24) is 15.1 Å². The lowest BCUT2D eigenvalue weighted by Crippen LogP contribution is -2.31. The lowest BCUT2D eigenvalue weighted by molar-refractivity contribution is 0.0965. The van der Waals surface area contributed by atoms with Crippen molar-refractivity contribution < 1.29 is 28.2 Å². The fourth-order valence-electron chi connectivity index (χ4n) is 3.66. The first-order chi connectivity index (χ1) is 19.1. The summed E-state index contributed by atoms with van der Waals surface area (Å²) in [5.41, 5.74) is 0.948. The molecule has 11 heteroatoms. The van der Waals surface area contributed by atoms with Crippen molar-refractivity contribution in [2.75, 3.05) is 34.4 Å². The maximum absolute atomic E-state index is 13.3. The van der Waals surface area contributed by atoms with Crippen LogP contribution in [-0.2, 0) is 4.74 Å². The minimum absolute atomic E-state index is 0.189. The number of amides is 1. The van der Waals surface area contributed by atoms with Crippen LogP contribution in [0.2, 0.25) is 0 Å². The summed E-state index contributed by atoms with van der Waals surface area (Å²) < 4.78 is 29.4. The van der Waals surface area contributed by atoms with E-state index in [4.69, 9.17) is 23.4 Å². The molecule has 1 aliphatic rings. The topological polar surface area (TPSA) is 122 Å². The second-order valence-corrected chi connectivity index (χ2v) is 7.88. The van der Waals surface area contributed by atoms with Crippen molar-refractivity contribution in [3.63, 3.8) is 0 Å². The Morgan fingerprint density at radius 2 is 2.03 bits per heavy atom. The summed E-state index contributed by atoms with van der Waals surface area (Å²) >= 11 is 0. The molecule has 1 N–H and O–H groups in total. The number of carbonyl (C=O) groups is 1. The molecule has 0 fully saturated rings. The smallest absolute Gasteiger partial charge is 0.279 e. The van der Waals surface area contributed by atoms with Crippen LogP contribution in [0.5, 0.6) is 17.2 Å². The molecule has 2 aromatic heterocycles. The van der Waals surface area contributed by atoms with Crippen molar-refractivity contribution in [1.29, 1.82) is 0 Å². The van der Waals surface area contributed by atoms with Crippen LogP contribution in [0.4, 0.5) is 0 Å². The van der Waals surface area contributed by atoms with E-state index in [0.717, 1.165) is 5.56 Å². The summed E-state index contributed by atoms with van der Waals surface area (Å²) in [5, 5.41) is 7.06. The molecule has 3 heterocycles. The molecular formula is C28H29N5O6. The number of carbonyl (C=O) groups excluding carboxylic acids is 1. The highest BCUT2D eigenvalue weighted by Crippen LogP contribution is 2.31. The number of furan rings is 1. The molecule has 0 saturated carbocycles. The van der Waals surface area contributed by atoms with Gasteiger partial charge < -0.3 is 28.7 Å². The van der Waals surface area contributed by atoms with Gasteiger partial charge in [-0.1, -0.05) is 0 Å². The molecule has 1 aromatic carbocycles. The van der Waals surface area contributed by atoms with Crippen molar-refractivity contribution in [2.45, 2.75) is 6.92 Å². The zero-order valence-electron chi connectivity index (χ0n) is 22.1. The summed E-state index contributed by atoms with van der Waals surface area (Å²) in [4.78, 5) is 21.8. The molecule has 0 unspecified atom stereocenters. The highest BCUT2D eigenvalue weighted by molar-refractivity contribution is 6.11. The molecule has 1 aliphatic heterocycles. The summed E-state index contributed by atoms with van der Waals surface area (Å²) in [6.45, 7) is 2.47. The van der Waals surface area contributed by atoms with Gasteiger partial charge in [0, 0.05) is 24.9 Å². The Morgan fingerprint density at radius 3 is 2.74 bits per heavy atom. The van der Waals surface area contributed by atoms with Gasteiger partial charge in [0.15, 0.2) is 22.9 Å². The predicted octanol–water partition coefficient (Wildman–Crippen LogP) is 4.22. The Labute approximate surface area is 225 Å². The van der Waals surface area contributed by atoms with Crippen molar-refractivity contribution in [2.24, 2.45) is 9.98 Å². The summed E-state index contributed by atoms with van der Waals surface area (Å²) in [6, 6.07) is 8.88. The van der Waals surface area contributed by atoms with Gasteiger partial charge in [0.25, 0.3) is 5.91 Å². The monoisotopic (exact) mass is 531 g/mol. The number of benzene rings is 1. The maximum atomic E-state index is 13.3. The molecule has 39 heavy (non-hydrogen) atoms. The highest BCUT2D eigenvalue weighted by Gasteiger charge is 2.23. The third kappa shape index (κ3) is 6.45. The number of nitrogens with one attached hydrogen (secondary N) is 1. The van der Waals surface area contributed by atoms with Gasteiger partial charge in [-0.2, -0.15) is 9.78 Å². The molecule has 4 rings (SSSR count). The SMILES string of the molecule is CCOc1cnn(-c2ccco2)c1C(=O)NC1=NCC=C(O/C(=C/C=N\C)c2ccc(OC)c(OC)c2)C=C1. The second kappa shape index (κ2) is 13.0. The number of methoxy groups -OCH3 is 2. The molecule has 0 bridgehead atoms. The van der Waals surface area contributed by atoms with Crippen LogP contribution in [0.3, 0.4) is 0 Å². The van der Waals surface area contributed by atoms with Crippen LogP contribution in [0.1, 0.15) is 23.0 Å². The van der Waals surface area contributed by atoms with Crippen LogP contribution in [-0.4, -0.2) is 62.2 Å². The van der Waals surface area contributed by atoms with E-state index in [1.54, 1.807) is 70.0 Å². The number of hydrogen-bond donors (Lipinski definition) is 1. The van der Waals surface area contributed by atoms with Gasteiger partial charge in [0.05, 0.1) is 39.8 Å². The van der Waals surface area contributed by atoms with E-state index in [1.165, 1.54) is 17.1 Å². The lowest BCUT2D eigenvalue weighted by Gasteiger charge is -2.13. The van der Waals surface area contributed by atoms with Gasteiger partial charge >= 0.3 is 0 Å². The Kier molecular flexibility index (Phi) is 8.96. The van der Waals surface area contributed by atoms with Gasteiger partial charge in [-0.15, -0.1) is 0 Å². The molecule has 3 aromatic rings. The summed E-state index contributed by atoms with van der Waals surface area (Å²) in [7, 11) is 4.82. The van der Waals surface area contributed by atoms with Crippen LogP contribution < -0.4 is 19.5 Å². The lowest BCUT2D eigenvalue weighted by atomic mass is 10.1. The Balaban J connectivity index is 1.51. The minimum Gasteiger partial charge on any atom is -0.493 e. The number of amidine groups is 1. The van der Waals surface area contributed by atoms with E-state index < -0.39 is 5.91 Å². The largest absolute Gasteiger partial charge is 0.493 e. The molecular weight excluding hydrogens is 502 g/mol. The van der Waals surface area contributed by atoms with E-state index in [9.17, 15) is 4.79 Å².